The lowest BCUT2D eigenvalue weighted by Crippen LogP contribution is -2.29. The summed E-state index contributed by atoms with van der Waals surface area (Å²) in [6.45, 7) is 2.21. The first-order valence-corrected chi connectivity index (χ1v) is 6.00. The van der Waals surface area contributed by atoms with E-state index in [-0.39, 0.29) is 5.91 Å². The molecule has 0 bridgehead atoms. The first-order valence-electron chi connectivity index (χ1n) is 6.00. The molecule has 0 saturated carbocycles. The molecule has 0 unspecified atom stereocenters. The van der Waals surface area contributed by atoms with Gasteiger partial charge in [-0.15, -0.1) is 0 Å². The molecule has 1 aliphatic rings. The minimum absolute atomic E-state index is 0.0359. The van der Waals surface area contributed by atoms with Crippen LogP contribution in [0.2, 0.25) is 0 Å². The molecule has 1 heterocycles. The number of hydrogen-bond acceptors (Lipinski definition) is 1. The molecule has 1 aromatic rings. The zero-order valence-corrected chi connectivity index (χ0v) is 9.70. The second-order valence-corrected chi connectivity index (χ2v) is 4.26. The van der Waals surface area contributed by atoms with Gasteiger partial charge in [0.05, 0.1) is 5.36 Å². The SMILES string of the molecule is CCCCCc1ccc2c(c1)=CCC(=O)N=2. The average molecular weight is 215 g/mol. The first kappa shape index (κ1) is 11.1. The molecule has 0 radical (unpaired) electrons. The lowest BCUT2D eigenvalue weighted by Gasteiger charge is -2.03. The Labute approximate surface area is 95.7 Å². The Balaban J connectivity index is 2.20. The molecular formula is C14H17NO. The normalized spacial score (nSPS) is 13.9. The molecular weight excluding hydrogens is 198 g/mol. The molecule has 0 spiro atoms. The van der Waals surface area contributed by atoms with Gasteiger partial charge in [0.15, 0.2) is 0 Å². The van der Waals surface area contributed by atoms with E-state index in [0.717, 1.165) is 17.0 Å². The van der Waals surface area contributed by atoms with Crippen LogP contribution in [-0.2, 0) is 11.2 Å². The number of fused-ring (bicyclic) bond motifs is 1. The predicted molar refractivity (Wildman–Crippen MR) is 64.5 cm³/mol. The smallest absolute Gasteiger partial charge is 0.250 e. The van der Waals surface area contributed by atoms with Crippen molar-refractivity contribution < 1.29 is 4.79 Å². The molecule has 0 atom stereocenters. The largest absolute Gasteiger partial charge is 0.272 e. The number of benzene rings is 1. The number of amides is 1. The van der Waals surface area contributed by atoms with Gasteiger partial charge < -0.3 is 0 Å². The van der Waals surface area contributed by atoms with Crippen LogP contribution in [0.15, 0.2) is 23.2 Å². The third kappa shape index (κ3) is 2.57. The summed E-state index contributed by atoms with van der Waals surface area (Å²) in [5, 5.41) is 1.95. The third-order valence-electron chi connectivity index (χ3n) is 2.90. The second kappa shape index (κ2) is 5.06. The van der Waals surface area contributed by atoms with Crippen LogP contribution in [0, 0.1) is 0 Å². The van der Waals surface area contributed by atoms with Gasteiger partial charge in [-0.1, -0.05) is 31.9 Å². The van der Waals surface area contributed by atoms with E-state index in [2.05, 4.69) is 24.0 Å². The summed E-state index contributed by atoms with van der Waals surface area (Å²) in [4.78, 5) is 15.1. The molecule has 2 nitrogen and oxygen atoms in total. The Morgan fingerprint density at radius 2 is 2.19 bits per heavy atom. The topological polar surface area (TPSA) is 29.4 Å². The quantitative estimate of drug-likeness (QED) is 0.704. The number of nitrogens with zero attached hydrogens (tertiary/aromatic N) is 1. The highest BCUT2D eigenvalue weighted by Gasteiger charge is 2.03. The molecule has 1 aromatic carbocycles. The van der Waals surface area contributed by atoms with Crippen molar-refractivity contribution in [2.45, 2.75) is 39.0 Å². The van der Waals surface area contributed by atoms with E-state index in [4.69, 9.17) is 0 Å². The molecule has 2 rings (SSSR count). The van der Waals surface area contributed by atoms with Crippen molar-refractivity contribution in [1.82, 2.24) is 0 Å². The van der Waals surface area contributed by atoms with Crippen molar-refractivity contribution in [3.63, 3.8) is 0 Å². The van der Waals surface area contributed by atoms with Gasteiger partial charge in [-0.2, -0.15) is 0 Å². The highest BCUT2D eigenvalue weighted by atomic mass is 16.1. The monoisotopic (exact) mass is 215 g/mol. The highest BCUT2D eigenvalue weighted by molar-refractivity contribution is 5.82. The average Bonchev–Trinajstić information content (AvgIpc) is 2.29. The Morgan fingerprint density at radius 1 is 1.31 bits per heavy atom. The van der Waals surface area contributed by atoms with Gasteiger partial charge >= 0.3 is 0 Å². The van der Waals surface area contributed by atoms with Gasteiger partial charge in [-0.25, -0.2) is 4.99 Å². The summed E-state index contributed by atoms with van der Waals surface area (Å²) in [7, 11) is 0. The van der Waals surface area contributed by atoms with Crippen molar-refractivity contribution in [2.75, 3.05) is 0 Å². The minimum atomic E-state index is -0.0359. The second-order valence-electron chi connectivity index (χ2n) is 4.26. The summed E-state index contributed by atoms with van der Waals surface area (Å²) in [6, 6.07) is 6.22. The molecule has 0 aromatic heterocycles. The summed E-state index contributed by atoms with van der Waals surface area (Å²) in [5.41, 5.74) is 1.35. The van der Waals surface area contributed by atoms with E-state index in [1.54, 1.807) is 0 Å². The zero-order valence-electron chi connectivity index (χ0n) is 9.70. The molecule has 0 aliphatic carbocycles. The number of carbonyl (C=O) groups excluding carboxylic acids is 1. The number of carbonyl (C=O) groups is 1. The minimum Gasteiger partial charge on any atom is -0.272 e. The zero-order chi connectivity index (χ0) is 11.4. The van der Waals surface area contributed by atoms with Crippen LogP contribution in [-0.4, -0.2) is 5.91 Å². The Morgan fingerprint density at radius 3 is 3.00 bits per heavy atom. The summed E-state index contributed by atoms with van der Waals surface area (Å²) >= 11 is 0. The van der Waals surface area contributed by atoms with Crippen LogP contribution >= 0.6 is 0 Å². The summed E-state index contributed by atoms with van der Waals surface area (Å²) in [5.74, 6) is -0.0359. The van der Waals surface area contributed by atoms with Gasteiger partial charge in [0.1, 0.15) is 0 Å². The molecule has 84 valence electrons. The van der Waals surface area contributed by atoms with Crippen molar-refractivity contribution in [2.24, 2.45) is 4.99 Å². The van der Waals surface area contributed by atoms with Crippen molar-refractivity contribution >= 4 is 12.0 Å². The molecule has 1 aliphatic heterocycles. The maximum absolute atomic E-state index is 11.1. The van der Waals surface area contributed by atoms with Gasteiger partial charge in [0.2, 0.25) is 5.91 Å². The maximum atomic E-state index is 11.1. The standard InChI is InChI=1S/C14H17NO/c1-2-3-4-5-11-6-8-13-12(10-11)7-9-14(16)15-13/h6-8,10H,2-5,9H2,1H3. The van der Waals surface area contributed by atoms with Crippen LogP contribution in [0.5, 0.6) is 0 Å². The highest BCUT2D eigenvalue weighted by Crippen LogP contribution is 2.03. The van der Waals surface area contributed by atoms with Gasteiger partial charge in [0.25, 0.3) is 0 Å². The van der Waals surface area contributed by atoms with Crippen molar-refractivity contribution in [3.8, 4) is 0 Å². The number of rotatable bonds is 4. The van der Waals surface area contributed by atoms with Crippen molar-refractivity contribution in [3.05, 3.63) is 34.3 Å². The third-order valence-corrected chi connectivity index (χ3v) is 2.90. The van der Waals surface area contributed by atoms with E-state index in [0.29, 0.717) is 6.42 Å². The number of aryl methyl sites for hydroxylation is 1. The molecule has 2 heteroatoms. The van der Waals surface area contributed by atoms with Crippen LogP contribution in [0.4, 0.5) is 0 Å². The number of unbranched alkanes of at least 4 members (excludes halogenated alkanes) is 2. The fraction of sp³-hybridized carbons (Fsp3) is 0.429. The lowest BCUT2D eigenvalue weighted by atomic mass is 10.0. The van der Waals surface area contributed by atoms with Gasteiger partial charge in [-0.3, -0.25) is 4.79 Å². The van der Waals surface area contributed by atoms with Crippen LogP contribution < -0.4 is 10.6 Å². The molecule has 0 N–H and O–H groups in total. The van der Waals surface area contributed by atoms with Crippen LogP contribution in [0.25, 0.3) is 6.08 Å². The fourth-order valence-corrected chi connectivity index (χ4v) is 1.98. The Bertz CT molecular complexity index is 502. The van der Waals surface area contributed by atoms with E-state index >= 15 is 0 Å². The first-order chi connectivity index (χ1) is 7.79. The summed E-state index contributed by atoms with van der Waals surface area (Å²) in [6.07, 6.45) is 7.33. The number of hydrogen-bond donors (Lipinski definition) is 0. The van der Waals surface area contributed by atoms with Gasteiger partial charge in [0, 0.05) is 6.42 Å². The van der Waals surface area contributed by atoms with E-state index in [1.807, 2.05) is 12.1 Å². The predicted octanol–water partition coefficient (Wildman–Crippen LogP) is 1.75. The fourth-order valence-electron chi connectivity index (χ4n) is 1.98. The van der Waals surface area contributed by atoms with E-state index in [1.165, 1.54) is 24.8 Å². The molecule has 16 heavy (non-hydrogen) atoms. The Kier molecular flexibility index (Phi) is 3.50. The van der Waals surface area contributed by atoms with Crippen LogP contribution in [0.3, 0.4) is 0 Å². The molecule has 0 fully saturated rings. The van der Waals surface area contributed by atoms with E-state index < -0.39 is 0 Å². The summed E-state index contributed by atoms with van der Waals surface area (Å²) < 4.78 is 0. The Hall–Kier alpha value is -1.44. The maximum Gasteiger partial charge on any atom is 0.250 e. The van der Waals surface area contributed by atoms with Crippen LogP contribution in [0.1, 0.15) is 38.2 Å². The van der Waals surface area contributed by atoms with Gasteiger partial charge in [-0.05, 0) is 35.8 Å². The molecule has 0 saturated heterocycles. The lowest BCUT2D eigenvalue weighted by molar-refractivity contribution is -0.117. The van der Waals surface area contributed by atoms with E-state index in [9.17, 15) is 4.79 Å². The van der Waals surface area contributed by atoms with Crippen molar-refractivity contribution in [1.29, 1.82) is 0 Å². The molecule has 1 amide bonds.